The molecular weight excluding hydrogens is 252 g/mol. The lowest BCUT2D eigenvalue weighted by molar-refractivity contribution is 0.768. The summed E-state index contributed by atoms with van der Waals surface area (Å²) in [6.07, 6.45) is 16.8. The molecule has 0 radical (unpaired) electrons. The average molecular weight is 282 g/mol. The molecule has 0 aliphatic rings. The fourth-order valence-corrected chi connectivity index (χ4v) is 2.41. The molecule has 0 fully saturated rings. The molecule has 0 atom stereocenters. The number of unbranched alkanes of at least 4 members (excludes halogenated alkanes) is 1. The summed E-state index contributed by atoms with van der Waals surface area (Å²) in [4.78, 5) is 0. The first-order chi connectivity index (χ1) is 10.3. The molecule has 1 aromatic rings. The molecule has 1 rings (SSSR count). The molecule has 0 amide bonds. The molecule has 0 heterocycles. The highest BCUT2D eigenvalue weighted by atomic mass is 14.1. The molecule has 21 heavy (non-hydrogen) atoms. The van der Waals surface area contributed by atoms with Crippen molar-refractivity contribution in [3.8, 4) is 0 Å². The number of hydrogen-bond donors (Lipinski definition) is 0. The normalized spacial score (nSPS) is 11.5. The number of benzene rings is 1. The fraction of sp³-hybridized carbons (Fsp3) is 0.429. The zero-order valence-corrected chi connectivity index (χ0v) is 13.8. The van der Waals surface area contributed by atoms with Crippen LogP contribution in [-0.4, -0.2) is 0 Å². The Bertz CT molecular complexity index is 463. The van der Waals surface area contributed by atoms with E-state index in [1.54, 1.807) is 0 Å². The Morgan fingerprint density at radius 2 is 1.67 bits per heavy atom. The van der Waals surface area contributed by atoms with Crippen LogP contribution < -0.4 is 0 Å². The van der Waals surface area contributed by atoms with Gasteiger partial charge in [-0.05, 0) is 49.7 Å². The van der Waals surface area contributed by atoms with Crippen molar-refractivity contribution < 1.29 is 0 Å². The Hall–Kier alpha value is -1.56. The van der Waals surface area contributed by atoms with Crippen molar-refractivity contribution in [1.82, 2.24) is 0 Å². The Kier molecular flexibility index (Phi) is 9.28. The second-order valence-corrected chi connectivity index (χ2v) is 5.58. The maximum atomic E-state index is 4.13. The van der Waals surface area contributed by atoms with E-state index in [9.17, 15) is 0 Å². The molecule has 1 aromatic carbocycles. The third-order valence-corrected chi connectivity index (χ3v) is 3.68. The lowest BCUT2D eigenvalue weighted by Crippen LogP contribution is -1.95. The average Bonchev–Trinajstić information content (AvgIpc) is 2.50. The minimum atomic E-state index is 1.08. The van der Waals surface area contributed by atoms with Crippen LogP contribution in [0.3, 0.4) is 0 Å². The van der Waals surface area contributed by atoms with Crippen molar-refractivity contribution in [3.63, 3.8) is 0 Å². The van der Waals surface area contributed by atoms with Gasteiger partial charge >= 0.3 is 0 Å². The molecule has 0 spiro atoms. The highest BCUT2D eigenvalue weighted by Gasteiger charge is 2.01. The summed E-state index contributed by atoms with van der Waals surface area (Å²) in [5.41, 5.74) is 4.28. The van der Waals surface area contributed by atoms with Crippen LogP contribution in [0.5, 0.6) is 0 Å². The van der Waals surface area contributed by atoms with Gasteiger partial charge in [-0.15, -0.1) is 0 Å². The van der Waals surface area contributed by atoms with Crippen molar-refractivity contribution in [2.45, 2.75) is 58.8 Å². The highest BCUT2D eigenvalue weighted by Crippen LogP contribution is 2.16. The second-order valence-electron chi connectivity index (χ2n) is 5.58. The smallest absolute Gasteiger partial charge is 0.0273 e. The summed E-state index contributed by atoms with van der Waals surface area (Å²) in [5, 5.41) is 0. The zero-order chi connectivity index (χ0) is 15.3. The molecular formula is C21H30. The summed E-state index contributed by atoms with van der Waals surface area (Å²) in [6.45, 7) is 8.54. The van der Waals surface area contributed by atoms with Crippen LogP contribution in [-0.2, 0) is 12.8 Å². The summed E-state index contributed by atoms with van der Waals surface area (Å²) < 4.78 is 0. The molecule has 0 unspecified atom stereocenters. The monoisotopic (exact) mass is 282 g/mol. The Morgan fingerprint density at radius 1 is 1.00 bits per heavy atom. The maximum absolute atomic E-state index is 4.13. The predicted octanol–water partition coefficient (Wildman–Crippen LogP) is 6.43. The minimum absolute atomic E-state index is 1.08. The van der Waals surface area contributed by atoms with E-state index in [2.05, 4.69) is 69.0 Å². The zero-order valence-electron chi connectivity index (χ0n) is 13.8. The van der Waals surface area contributed by atoms with Crippen LogP contribution >= 0.6 is 0 Å². The van der Waals surface area contributed by atoms with Crippen molar-refractivity contribution >= 4 is 0 Å². The van der Waals surface area contributed by atoms with E-state index in [0.29, 0.717) is 0 Å². The van der Waals surface area contributed by atoms with Gasteiger partial charge < -0.3 is 0 Å². The molecule has 0 saturated heterocycles. The van der Waals surface area contributed by atoms with Crippen molar-refractivity contribution in [2.24, 2.45) is 0 Å². The number of hydrogen-bond acceptors (Lipinski definition) is 0. The first-order valence-electron chi connectivity index (χ1n) is 8.35. The minimum Gasteiger partial charge on any atom is -0.0958 e. The van der Waals surface area contributed by atoms with Gasteiger partial charge in [0.1, 0.15) is 0 Å². The van der Waals surface area contributed by atoms with Gasteiger partial charge in [-0.1, -0.05) is 81.0 Å². The summed E-state index contributed by atoms with van der Waals surface area (Å²) in [6, 6.07) is 8.90. The maximum Gasteiger partial charge on any atom is -0.0273 e. The SMILES string of the molecule is C=C(/C=C\C=C/CC)CCCc1ccccc1CCCC. The first-order valence-corrected chi connectivity index (χ1v) is 8.35. The molecule has 0 N–H and O–H groups in total. The van der Waals surface area contributed by atoms with Crippen LogP contribution in [0.2, 0.25) is 0 Å². The quantitative estimate of drug-likeness (QED) is 0.434. The summed E-state index contributed by atoms with van der Waals surface area (Å²) in [5.74, 6) is 0. The second kappa shape index (κ2) is 11.1. The first kappa shape index (κ1) is 17.5. The molecule has 0 aliphatic carbocycles. The van der Waals surface area contributed by atoms with Gasteiger partial charge in [-0.2, -0.15) is 0 Å². The van der Waals surface area contributed by atoms with E-state index in [1.807, 2.05) is 0 Å². The van der Waals surface area contributed by atoms with Crippen molar-refractivity contribution in [1.29, 1.82) is 0 Å². The standard InChI is InChI=1S/C21H30/c1-4-6-8-9-13-19(3)14-12-18-21-17-11-10-16-20(21)15-7-5-2/h6,8-11,13,16-17H,3-5,7,12,14-15,18H2,1-2H3/b8-6-,13-9-. The molecule has 0 nitrogen and oxygen atoms in total. The Labute approximate surface area is 131 Å². The molecule has 0 aliphatic heterocycles. The van der Waals surface area contributed by atoms with E-state index in [4.69, 9.17) is 0 Å². The van der Waals surface area contributed by atoms with Gasteiger partial charge in [-0.25, -0.2) is 0 Å². The Morgan fingerprint density at radius 3 is 2.29 bits per heavy atom. The predicted molar refractivity (Wildman–Crippen MR) is 95.7 cm³/mol. The topological polar surface area (TPSA) is 0 Å². The van der Waals surface area contributed by atoms with Crippen LogP contribution in [0.1, 0.15) is 57.1 Å². The largest absolute Gasteiger partial charge is 0.0958 e. The van der Waals surface area contributed by atoms with E-state index < -0.39 is 0 Å². The molecule has 0 saturated carbocycles. The lowest BCUT2D eigenvalue weighted by atomic mass is 9.97. The van der Waals surface area contributed by atoms with Crippen LogP contribution in [0.4, 0.5) is 0 Å². The van der Waals surface area contributed by atoms with E-state index >= 15 is 0 Å². The van der Waals surface area contributed by atoms with Gasteiger partial charge in [0.2, 0.25) is 0 Å². The van der Waals surface area contributed by atoms with Crippen LogP contribution in [0.15, 0.2) is 60.7 Å². The summed E-state index contributed by atoms with van der Waals surface area (Å²) >= 11 is 0. The number of allylic oxidation sites excluding steroid dienone is 5. The van der Waals surface area contributed by atoms with Crippen molar-refractivity contribution in [2.75, 3.05) is 0 Å². The number of aryl methyl sites for hydroxylation is 2. The fourth-order valence-electron chi connectivity index (χ4n) is 2.41. The van der Waals surface area contributed by atoms with Gasteiger partial charge in [0, 0.05) is 0 Å². The third kappa shape index (κ3) is 7.70. The molecule has 0 heteroatoms. The Balaban J connectivity index is 2.40. The van der Waals surface area contributed by atoms with Crippen LogP contribution in [0.25, 0.3) is 0 Å². The molecule has 114 valence electrons. The van der Waals surface area contributed by atoms with Gasteiger partial charge in [0.15, 0.2) is 0 Å². The van der Waals surface area contributed by atoms with Gasteiger partial charge in [0.05, 0.1) is 0 Å². The van der Waals surface area contributed by atoms with Crippen molar-refractivity contribution in [3.05, 3.63) is 71.8 Å². The van der Waals surface area contributed by atoms with Gasteiger partial charge in [-0.3, -0.25) is 0 Å². The van der Waals surface area contributed by atoms with E-state index in [0.717, 1.165) is 19.3 Å². The molecule has 0 aromatic heterocycles. The van der Waals surface area contributed by atoms with E-state index in [1.165, 1.54) is 42.4 Å². The third-order valence-electron chi connectivity index (χ3n) is 3.68. The van der Waals surface area contributed by atoms with E-state index in [-0.39, 0.29) is 0 Å². The number of rotatable bonds is 10. The van der Waals surface area contributed by atoms with Gasteiger partial charge in [0.25, 0.3) is 0 Å². The molecule has 0 bridgehead atoms. The lowest BCUT2D eigenvalue weighted by Gasteiger charge is -2.09. The highest BCUT2D eigenvalue weighted by molar-refractivity contribution is 5.28. The van der Waals surface area contributed by atoms with Crippen LogP contribution in [0, 0.1) is 0 Å². The summed E-state index contributed by atoms with van der Waals surface area (Å²) in [7, 11) is 0.